The number of carbonyl (C=O) groups is 1. The SMILES string of the molecule is Cc1ccccc1C=C1CCc2c1oc1cc(NC(=O)CN3CCN(C)CC3)ccc1c2=O. The first-order valence-electron chi connectivity index (χ1n) is 11.5. The van der Waals surface area contributed by atoms with E-state index in [0.717, 1.165) is 49.3 Å². The maximum Gasteiger partial charge on any atom is 0.238 e. The molecule has 0 spiro atoms. The first kappa shape index (κ1) is 21.6. The summed E-state index contributed by atoms with van der Waals surface area (Å²) in [5.74, 6) is 0.624. The van der Waals surface area contributed by atoms with E-state index in [1.807, 2.05) is 12.1 Å². The van der Waals surface area contributed by atoms with Crippen LogP contribution in [0.2, 0.25) is 0 Å². The third kappa shape index (κ3) is 4.49. The number of amides is 1. The molecule has 2 aromatic carbocycles. The summed E-state index contributed by atoms with van der Waals surface area (Å²) >= 11 is 0. The maximum atomic E-state index is 13.1. The molecular formula is C27H29N3O3. The first-order valence-corrected chi connectivity index (χ1v) is 11.5. The minimum atomic E-state index is -0.0532. The van der Waals surface area contributed by atoms with E-state index in [1.165, 1.54) is 5.56 Å². The third-order valence-corrected chi connectivity index (χ3v) is 6.69. The lowest BCUT2D eigenvalue weighted by Crippen LogP contribution is -2.47. The molecule has 0 bridgehead atoms. The average Bonchev–Trinajstić information content (AvgIpc) is 3.19. The standard InChI is InChI=1S/C27H29N3O3/c1-18-5-3-4-6-19(18)15-20-7-9-23-26(32)22-10-8-21(16-24(22)33-27(20)23)28-25(31)17-30-13-11-29(2)12-14-30/h3-6,8,10,15-16H,7,9,11-14,17H2,1-2H3,(H,28,31). The fourth-order valence-corrected chi connectivity index (χ4v) is 4.65. The summed E-state index contributed by atoms with van der Waals surface area (Å²) in [6.07, 6.45) is 3.60. The van der Waals surface area contributed by atoms with Gasteiger partial charge in [-0.25, -0.2) is 0 Å². The van der Waals surface area contributed by atoms with E-state index < -0.39 is 0 Å². The number of piperazine rings is 1. The van der Waals surface area contributed by atoms with E-state index >= 15 is 0 Å². The molecule has 0 radical (unpaired) electrons. The second-order valence-corrected chi connectivity index (χ2v) is 9.10. The molecular weight excluding hydrogens is 414 g/mol. The van der Waals surface area contributed by atoms with Crippen molar-refractivity contribution >= 4 is 34.2 Å². The van der Waals surface area contributed by atoms with Crippen LogP contribution in [0.25, 0.3) is 22.6 Å². The van der Waals surface area contributed by atoms with Gasteiger partial charge in [0.25, 0.3) is 0 Å². The monoisotopic (exact) mass is 443 g/mol. The molecule has 3 aromatic rings. The normalized spacial score (nSPS) is 18.1. The Bertz CT molecular complexity index is 1300. The van der Waals surface area contributed by atoms with Crippen molar-refractivity contribution in [2.45, 2.75) is 19.8 Å². The van der Waals surface area contributed by atoms with Gasteiger partial charge in [0, 0.05) is 43.5 Å². The number of hydrogen-bond acceptors (Lipinski definition) is 5. The molecule has 0 atom stereocenters. The molecule has 1 aliphatic heterocycles. The van der Waals surface area contributed by atoms with Gasteiger partial charge in [0.2, 0.25) is 5.91 Å². The summed E-state index contributed by atoms with van der Waals surface area (Å²) in [6.45, 7) is 6.16. The zero-order valence-corrected chi connectivity index (χ0v) is 19.2. The van der Waals surface area contributed by atoms with Crippen molar-refractivity contribution in [2.24, 2.45) is 0 Å². The van der Waals surface area contributed by atoms with E-state index in [9.17, 15) is 9.59 Å². The number of nitrogens with zero attached hydrogens (tertiary/aromatic N) is 2. The Morgan fingerprint density at radius 1 is 1.09 bits per heavy atom. The van der Waals surface area contributed by atoms with Gasteiger partial charge >= 0.3 is 0 Å². The van der Waals surface area contributed by atoms with E-state index in [2.05, 4.69) is 47.3 Å². The topological polar surface area (TPSA) is 65.8 Å². The first-order chi connectivity index (χ1) is 16.0. The van der Waals surface area contributed by atoms with Gasteiger partial charge in [-0.1, -0.05) is 24.3 Å². The van der Waals surface area contributed by atoms with Crippen LogP contribution in [-0.2, 0) is 11.2 Å². The van der Waals surface area contributed by atoms with Crippen LogP contribution in [-0.4, -0.2) is 55.5 Å². The molecule has 1 N–H and O–H groups in total. The van der Waals surface area contributed by atoms with Crippen molar-refractivity contribution in [1.29, 1.82) is 0 Å². The van der Waals surface area contributed by atoms with Crippen LogP contribution in [0.15, 0.2) is 51.7 Å². The van der Waals surface area contributed by atoms with E-state index in [0.29, 0.717) is 35.4 Å². The number of carbonyl (C=O) groups excluding carboxylic acids is 1. The summed E-state index contributed by atoms with van der Waals surface area (Å²) in [5, 5.41) is 3.53. The van der Waals surface area contributed by atoms with Gasteiger partial charge in [-0.15, -0.1) is 0 Å². The van der Waals surface area contributed by atoms with Crippen LogP contribution in [0, 0.1) is 6.92 Å². The van der Waals surface area contributed by atoms with Crippen LogP contribution >= 0.6 is 0 Å². The Morgan fingerprint density at radius 3 is 2.67 bits per heavy atom. The Hall–Kier alpha value is -3.22. The van der Waals surface area contributed by atoms with Crippen molar-refractivity contribution in [3.63, 3.8) is 0 Å². The predicted octanol–water partition coefficient (Wildman–Crippen LogP) is 3.77. The number of fused-ring (bicyclic) bond motifs is 2. The van der Waals surface area contributed by atoms with Crippen molar-refractivity contribution in [3.05, 3.63) is 75.1 Å². The smallest absolute Gasteiger partial charge is 0.238 e. The van der Waals surface area contributed by atoms with Gasteiger partial charge in [0.15, 0.2) is 5.43 Å². The molecule has 5 rings (SSSR count). The number of likely N-dealkylation sites (N-methyl/N-ethyl adjacent to an activating group) is 1. The molecule has 1 fully saturated rings. The van der Waals surface area contributed by atoms with Crippen molar-refractivity contribution < 1.29 is 9.21 Å². The molecule has 2 heterocycles. The lowest BCUT2D eigenvalue weighted by Gasteiger charge is -2.31. The quantitative estimate of drug-likeness (QED) is 0.665. The highest BCUT2D eigenvalue weighted by Crippen LogP contribution is 2.35. The highest BCUT2D eigenvalue weighted by atomic mass is 16.3. The second kappa shape index (κ2) is 8.96. The predicted molar refractivity (Wildman–Crippen MR) is 132 cm³/mol. The second-order valence-electron chi connectivity index (χ2n) is 9.10. The minimum absolute atomic E-state index is 0.0229. The van der Waals surface area contributed by atoms with Gasteiger partial charge in [0.05, 0.1) is 11.9 Å². The van der Waals surface area contributed by atoms with Crippen LogP contribution in [0.5, 0.6) is 0 Å². The fourth-order valence-electron chi connectivity index (χ4n) is 4.65. The zero-order chi connectivity index (χ0) is 22.9. The average molecular weight is 444 g/mol. The summed E-state index contributed by atoms with van der Waals surface area (Å²) in [6, 6.07) is 13.5. The fraction of sp³-hybridized carbons (Fsp3) is 0.333. The molecule has 6 heteroatoms. The molecule has 1 saturated heterocycles. The number of allylic oxidation sites excluding steroid dienone is 1. The number of aryl methyl sites for hydroxylation is 1. The van der Waals surface area contributed by atoms with Crippen molar-refractivity contribution in [3.8, 4) is 0 Å². The number of rotatable bonds is 4. The highest BCUT2D eigenvalue weighted by Gasteiger charge is 2.24. The van der Waals surface area contributed by atoms with E-state index in [4.69, 9.17) is 4.42 Å². The molecule has 170 valence electrons. The van der Waals surface area contributed by atoms with Crippen LogP contribution in [0.4, 0.5) is 5.69 Å². The molecule has 6 nitrogen and oxygen atoms in total. The lowest BCUT2D eigenvalue weighted by atomic mass is 10.0. The van der Waals surface area contributed by atoms with Gasteiger partial charge in [0.1, 0.15) is 11.3 Å². The number of benzene rings is 2. The minimum Gasteiger partial charge on any atom is -0.456 e. The van der Waals surface area contributed by atoms with E-state index in [1.54, 1.807) is 18.2 Å². The summed E-state index contributed by atoms with van der Waals surface area (Å²) in [4.78, 5) is 30.1. The van der Waals surface area contributed by atoms with Crippen LogP contribution in [0.1, 0.15) is 28.9 Å². The maximum absolute atomic E-state index is 13.1. The van der Waals surface area contributed by atoms with Gasteiger partial charge in [-0.2, -0.15) is 0 Å². The molecule has 0 saturated carbocycles. The molecule has 33 heavy (non-hydrogen) atoms. The molecule has 1 aromatic heterocycles. The van der Waals surface area contributed by atoms with Crippen LogP contribution < -0.4 is 10.7 Å². The molecule has 1 amide bonds. The lowest BCUT2D eigenvalue weighted by molar-refractivity contribution is -0.117. The van der Waals surface area contributed by atoms with Crippen molar-refractivity contribution in [2.75, 3.05) is 45.1 Å². The van der Waals surface area contributed by atoms with Crippen LogP contribution in [0.3, 0.4) is 0 Å². The summed E-state index contributed by atoms with van der Waals surface area (Å²) in [7, 11) is 2.10. The number of hydrogen-bond donors (Lipinski definition) is 1. The molecule has 1 aliphatic carbocycles. The number of nitrogens with one attached hydrogen (secondary N) is 1. The number of anilines is 1. The Labute approximate surface area is 193 Å². The van der Waals surface area contributed by atoms with Gasteiger partial charge in [-0.05, 0) is 61.7 Å². The molecule has 2 aliphatic rings. The Kier molecular flexibility index (Phi) is 5.87. The largest absolute Gasteiger partial charge is 0.456 e. The Morgan fingerprint density at radius 2 is 1.88 bits per heavy atom. The third-order valence-electron chi connectivity index (χ3n) is 6.69. The van der Waals surface area contributed by atoms with Crippen molar-refractivity contribution in [1.82, 2.24) is 9.80 Å². The van der Waals surface area contributed by atoms with Gasteiger partial charge < -0.3 is 14.6 Å². The van der Waals surface area contributed by atoms with Gasteiger partial charge in [-0.3, -0.25) is 14.5 Å². The van der Waals surface area contributed by atoms with E-state index in [-0.39, 0.29) is 11.3 Å². The summed E-state index contributed by atoms with van der Waals surface area (Å²) < 4.78 is 6.26. The zero-order valence-electron chi connectivity index (χ0n) is 19.2. The Balaban J connectivity index is 1.41. The molecule has 0 unspecified atom stereocenters. The summed E-state index contributed by atoms with van der Waals surface area (Å²) in [5.41, 5.74) is 5.28. The highest BCUT2D eigenvalue weighted by molar-refractivity contribution is 5.95.